The van der Waals surface area contributed by atoms with Gasteiger partial charge in [0.05, 0.1) is 6.10 Å². The minimum Gasteiger partial charge on any atom is -0.393 e. The van der Waals surface area contributed by atoms with Gasteiger partial charge in [0, 0.05) is 6.54 Å². The average molecular weight is 240 g/mol. The zero-order chi connectivity index (χ0) is 12.3. The van der Waals surface area contributed by atoms with Crippen LogP contribution in [-0.2, 0) is 0 Å². The fourth-order valence-electron chi connectivity index (χ4n) is 2.20. The summed E-state index contributed by atoms with van der Waals surface area (Å²) >= 11 is 0. The molecule has 0 amide bonds. The minimum absolute atomic E-state index is 0.114. The van der Waals surface area contributed by atoms with Crippen LogP contribution in [0.3, 0.4) is 0 Å². The molecular weight excluding hydrogens is 221 g/mol. The van der Waals surface area contributed by atoms with Crippen LogP contribution < -0.4 is 5.73 Å². The van der Waals surface area contributed by atoms with E-state index in [9.17, 15) is 18.3 Å². The van der Waals surface area contributed by atoms with Gasteiger partial charge in [-0.05, 0) is 38.8 Å². The van der Waals surface area contributed by atoms with Crippen LogP contribution in [0, 0.1) is 5.92 Å². The number of halogens is 3. The van der Waals surface area contributed by atoms with Gasteiger partial charge in [0.25, 0.3) is 0 Å². The first-order valence-electron chi connectivity index (χ1n) is 5.55. The smallest absolute Gasteiger partial charge is 0.393 e. The summed E-state index contributed by atoms with van der Waals surface area (Å²) in [4.78, 5) is 1.37. The molecule has 1 aliphatic heterocycles. The van der Waals surface area contributed by atoms with Crippen molar-refractivity contribution in [2.75, 3.05) is 19.6 Å². The highest BCUT2D eigenvalue weighted by molar-refractivity contribution is 4.84. The Kier molecular flexibility index (Phi) is 4.58. The van der Waals surface area contributed by atoms with E-state index in [1.165, 1.54) is 4.90 Å². The molecule has 0 saturated carbocycles. The van der Waals surface area contributed by atoms with Gasteiger partial charge in [0.2, 0.25) is 0 Å². The maximum atomic E-state index is 12.6. The molecule has 0 bridgehead atoms. The van der Waals surface area contributed by atoms with Gasteiger partial charge < -0.3 is 10.8 Å². The quantitative estimate of drug-likeness (QED) is 0.772. The number of hydrogen-bond acceptors (Lipinski definition) is 3. The van der Waals surface area contributed by atoms with Crippen LogP contribution in [0.25, 0.3) is 0 Å². The van der Waals surface area contributed by atoms with Crippen molar-refractivity contribution >= 4 is 0 Å². The Bertz CT molecular complexity index is 213. The molecule has 0 aliphatic carbocycles. The van der Waals surface area contributed by atoms with E-state index in [0.717, 1.165) is 0 Å². The molecule has 3 N–H and O–H groups in total. The fourth-order valence-corrected chi connectivity index (χ4v) is 2.20. The highest BCUT2D eigenvalue weighted by Crippen LogP contribution is 2.29. The standard InChI is InChI=1S/C10H19F3N2O/c1-7(16)8-2-4-15(5-3-8)9(6-14)10(11,12)13/h7-9,16H,2-6,14H2,1H3. The topological polar surface area (TPSA) is 49.5 Å². The maximum Gasteiger partial charge on any atom is 0.405 e. The van der Waals surface area contributed by atoms with Crippen LogP contribution in [0.4, 0.5) is 13.2 Å². The Hall–Kier alpha value is -0.330. The third-order valence-corrected chi connectivity index (χ3v) is 3.30. The summed E-state index contributed by atoms with van der Waals surface area (Å²) < 4.78 is 37.8. The van der Waals surface area contributed by atoms with E-state index >= 15 is 0 Å². The van der Waals surface area contributed by atoms with E-state index in [1.54, 1.807) is 6.92 Å². The predicted molar refractivity (Wildman–Crippen MR) is 54.9 cm³/mol. The fraction of sp³-hybridized carbons (Fsp3) is 1.00. The van der Waals surface area contributed by atoms with E-state index in [0.29, 0.717) is 25.9 Å². The summed E-state index contributed by atoms with van der Waals surface area (Å²) in [6.45, 7) is 2.00. The van der Waals surface area contributed by atoms with Gasteiger partial charge in [0.1, 0.15) is 6.04 Å². The van der Waals surface area contributed by atoms with Crippen molar-refractivity contribution < 1.29 is 18.3 Å². The third kappa shape index (κ3) is 3.33. The summed E-state index contributed by atoms with van der Waals surface area (Å²) in [6.07, 6.45) is -3.50. The molecule has 0 radical (unpaired) electrons. The van der Waals surface area contributed by atoms with Gasteiger partial charge in [-0.2, -0.15) is 13.2 Å². The molecule has 0 aromatic carbocycles. The first-order valence-corrected chi connectivity index (χ1v) is 5.55. The van der Waals surface area contributed by atoms with Gasteiger partial charge in [0.15, 0.2) is 0 Å². The molecule has 2 atom stereocenters. The van der Waals surface area contributed by atoms with Gasteiger partial charge >= 0.3 is 6.18 Å². The molecule has 3 nitrogen and oxygen atoms in total. The molecule has 0 spiro atoms. The highest BCUT2D eigenvalue weighted by Gasteiger charge is 2.43. The largest absolute Gasteiger partial charge is 0.405 e. The van der Waals surface area contributed by atoms with Crippen molar-refractivity contribution in [3.63, 3.8) is 0 Å². The summed E-state index contributed by atoms with van der Waals surface area (Å²) in [5.41, 5.74) is 5.17. The number of piperidine rings is 1. The number of likely N-dealkylation sites (tertiary alicyclic amines) is 1. The number of aliphatic hydroxyl groups excluding tert-OH is 1. The second-order valence-corrected chi connectivity index (χ2v) is 4.41. The molecule has 1 aliphatic rings. The molecule has 1 heterocycles. The van der Waals surface area contributed by atoms with Crippen molar-refractivity contribution in [1.82, 2.24) is 4.90 Å². The van der Waals surface area contributed by atoms with Crippen LogP contribution in [0.1, 0.15) is 19.8 Å². The van der Waals surface area contributed by atoms with Crippen molar-refractivity contribution in [3.8, 4) is 0 Å². The Balaban J connectivity index is 2.52. The zero-order valence-corrected chi connectivity index (χ0v) is 9.37. The lowest BCUT2D eigenvalue weighted by molar-refractivity contribution is -0.184. The first-order chi connectivity index (χ1) is 7.36. The number of hydrogen-bond donors (Lipinski definition) is 2. The van der Waals surface area contributed by atoms with Crippen molar-refractivity contribution in [2.24, 2.45) is 11.7 Å². The lowest BCUT2D eigenvalue weighted by Crippen LogP contribution is -2.53. The second kappa shape index (κ2) is 5.33. The molecule has 0 aromatic rings. The number of rotatable bonds is 3. The first kappa shape index (κ1) is 13.7. The molecule has 16 heavy (non-hydrogen) atoms. The Morgan fingerprint density at radius 2 is 1.88 bits per heavy atom. The van der Waals surface area contributed by atoms with Crippen LogP contribution >= 0.6 is 0 Å². The SMILES string of the molecule is CC(O)C1CCN(C(CN)C(F)(F)F)CC1. The third-order valence-electron chi connectivity index (χ3n) is 3.30. The monoisotopic (exact) mass is 240 g/mol. The predicted octanol–water partition coefficient (Wildman–Crippen LogP) is 0.969. The minimum atomic E-state index is -4.26. The van der Waals surface area contributed by atoms with Crippen LogP contribution in [-0.4, -0.2) is 48.0 Å². The molecule has 96 valence electrons. The maximum absolute atomic E-state index is 12.6. The number of nitrogens with two attached hydrogens (primary N) is 1. The molecule has 0 aromatic heterocycles. The zero-order valence-electron chi connectivity index (χ0n) is 9.37. The van der Waals surface area contributed by atoms with Crippen LogP contribution in [0.2, 0.25) is 0 Å². The molecule has 2 unspecified atom stereocenters. The van der Waals surface area contributed by atoms with E-state index in [4.69, 9.17) is 5.73 Å². The molecule has 6 heteroatoms. The van der Waals surface area contributed by atoms with Crippen molar-refractivity contribution in [3.05, 3.63) is 0 Å². The highest BCUT2D eigenvalue weighted by atomic mass is 19.4. The Morgan fingerprint density at radius 3 is 2.19 bits per heavy atom. The number of nitrogens with zero attached hydrogens (tertiary/aromatic N) is 1. The van der Waals surface area contributed by atoms with Crippen molar-refractivity contribution in [1.29, 1.82) is 0 Å². The number of aliphatic hydroxyl groups is 1. The summed E-state index contributed by atoms with van der Waals surface area (Å²) in [7, 11) is 0. The van der Waals surface area contributed by atoms with E-state index in [-0.39, 0.29) is 5.92 Å². The molecule has 1 fully saturated rings. The average Bonchev–Trinajstić information content (AvgIpc) is 2.17. The molecule has 1 saturated heterocycles. The van der Waals surface area contributed by atoms with E-state index in [2.05, 4.69) is 0 Å². The molecular formula is C10H19F3N2O. The summed E-state index contributed by atoms with van der Waals surface area (Å²) in [5, 5.41) is 9.35. The van der Waals surface area contributed by atoms with E-state index in [1.807, 2.05) is 0 Å². The van der Waals surface area contributed by atoms with Gasteiger partial charge in [-0.25, -0.2) is 0 Å². The van der Waals surface area contributed by atoms with Gasteiger partial charge in [-0.3, -0.25) is 4.90 Å². The normalized spacial score (nSPS) is 24.4. The van der Waals surface area contributed by atoms with Crippen molar-refractivity contribution in [2.45, 2.75) is 38.1 Å². The lowest BCUT2D eigenvalue weighted by atomic mass is 9.91. The van der Waals surface area contributed by atoms with Gasteiger partial charge in [-0.1, -0.05) is 0 Å². The lowest BCUT2D eigenvalue weighted by Gasteiger charge is -2.38. The van der Waals surface area contributed by atoms with E-state index < -0.39 is 24.9 Å². The van der Waals surface area contributed by atoms with Crippen LogP contribution in [0.15, 0.2) is 0 Å². The summed E-state index contributed by atoms with van der Waals surface area (Å²) in [6, 6.07) is -1.54. The molecule has 1 rings (SSSR count). The van der Waals surface area contributed by atoms with Gasteiger partial charge in [-0.15, -0.1) is 0 Å². The Morgan fingerprint density at radius 1 is 1.38 bits per heavy atom. The van der Waals surface area contributed by atoms with Crippen LogP contribution in [0.5, 0.6) is 0 Å². The number of alkyl halides is 3. The summed E-state index contributed by atoms with van der Waals surface area (Å²) in [5.74, 6) is 0.114. The second-order valence-electron chi connectivity index (χ2n) is 4.41. The Labute approximate surface area is 93.4 Å².